The lowest BCUT2D eigenvalue weighted by Crippen LogP contribution is -2.16. The molecule has 2 N–H and O–H groups in total. The molecular weight excluding hydrogens is 316 g/mol. The molecule has 0 saturated heterocycles. The number of sulfonamides is 1. The van der Waals surface area contributed by atoms with E-state index in [1.165, 1.54) is 24.3 Å². The number of halogens is 2. The second-order valence-electron chi connectivity index (χ2n) is 4.38. The quantitative estimate of drug-likeness (QED) is 0.825. The van der Waals surface area contributed by atoms with Crippen LogP contribution in [0.5, 0.6) is 5.75 Å². The first-order chi connectivity index (χ1) is 10.3. The molecule has 0 bridgehead atoms. The third-order valence-corrected chi connectivity index (χ3v) is 4.24. The van der Waals surface area contributed by atoms with Crippen molar-refractivity contribution in [2.24, 2.45) is 0 Å². The number of carbonyl (C=O) groups is 1. The van der Waals surface area contributed by atoms with Crippen molar-refractivity contribution < 1.29 is 27.1 Å². The summed E-state index contributed by atoms with van der Waals surface area (Å²) in [7, 11) is -4.55. The molecule has 0 heterocycles. The Morgan fingerprint density at radius 3 is 2.32 bits per heavy atom. The molecular formula is C14H11F2NO4S. The van der Waals surface area contributed by atoms with Crippen molar-refractivity contribution in [1.82, 2.24) is 0 Å². The van der Waals surface area contributed by atoms with Gasteiger partial charge in [-0.15, -0.1) is 0 Å². The Balaban J connectivity index is 2.36. The summed E-state index contributed by atoms with van der Waals surface area (Å²) >= 11 is 0. The highest BCUT2D eigenvalue weighted by Gasteiger charge is 2.26. The molecule has 22 heavy (non-hydrogen) atoms. The molecule has 0 aliphatic heterocycles. The van der Waals surface area contributed by atoms with Crippen LogP contribution in [-0.4, -0.2) is 19.8 Å². The van der Waals surface area contributed by atoms with Gasteiger partial charge >= 0.3 is 0 Å². The highest BCUT2D eigenvalue weighted by molar-refractivity contribution is 7.92. The number of hydrogen-bond acceptors (Lipinski definition) is 4. The Hall–Kier alpha value is -2.48. The summed E-state index contributed by atoms with van der Waals surface area (Å²) in [5.74, 6) is -3.85. The zero-order valence-electron chi connectivity index (χ0n) is 11.1. The normalized spacial score (nSPS) is 11.2. The predicted octanol–water partition coefficient (Wildman–Crippen LogP) is 2.21. The zero-order chi connectivity index (χ0) is 16.3. The molecule has 0 fully saturated rings. The van der Waals surface area contributed by atoms with Crippen LogP contribution in [0.2, 0.25) is 0 Å². The van der Waals surface area contributed by atoms with Gasteiger partial charge in [-0.2, -0.15) is 0 Å². The van der Waals surface area contributed by atoms with E-state index in [0.717, 1.165) is 6.07 Å². The first-order valence-electron chi connectivity index (χ1n) is 6.07. The summed E-state index contributed by atoms with van der Waals surface area (Å²) in [6.45, 7) is 0. The van der Waals surface area contributed by atoms with Gasteiger partial charge in [-0.3, -0.25) is 4.72 Å². The average Bonchev–Trinajstić information content (AvgIpc) is 2.45. The van der Waals surface area contributed by atoms with Crippen molar-refractivity contribution >= 4 is 22.0 Å². The summed E-state index contributed by atoms with van der Waals surface area (Å²) < 4.78 is 53.4. The van der Waals surface area contributed by atoms with Gasteiger partial charge in [-0.25, -0.2) is 17.2 Å². The van der Waals surface area contributed by atoms with Crippen LogP contribution in [0, 0.1) is 11.6 Å². The van der Waals surface area contributed by atoms with Crippen LogP contribution < -0.4 is 4.72 Å². The van der Waals surface area contributed by atoms with E-state index in [1.54, 1.807) is 0 Å². The fourth-order valence-corrected chi connectivity index (χ4v) is 2.99. The number of benzene rings is 2. The number of phenolic OH excluding ortho intramolecular Hbond substituents is 1. The Kier molecular flexibility index (Phi) is 4.41. The van der Waals surface area contributed by atoms with Crippen molar-refractivity contribution in [3.63, 3.8) is 0 Å². The average molecular weight is 327 g/mol. The maximum atomic E-state index is 13.7. The minimum atomic E-state index is -4.55. The topological polar surface area (TPSA) is 83.5 Å². The van der Waals surface area contributed by atoms with Gasteiger partial charge in [0.1, 0.15) is 12.1 Å². The molecule has 5 nitrogen and oxygen atoms in total. The molecule has 116 valence electrons. The molecule has 0 saturated carbocycles. The minimum absolute atomic E-state index is 0.0665. The lowest BCUT2D eigenvalue weighted by Gasteiger charge is -2.10. The second-order valence-corrected chi connectivity index (χ2v) is 6.00. The van der Waals surface area contributed by atoms with E-state index in [2.05, 4.69) is 0 Å². The predicted molar refractivity (Wildman–Crippen MR) is 75.0 cm³/mol. The Bertz CT molecular complexity index is 804. The van der Waals surface area contributed by atoms with Crippen LogP contribution in [0.15, 0.2) is 41.3 Å². The van der Waals surface area contributed by atoms with Crippen LogP contribution >= 0.6 is 0 Å². The Labute approximate surface area is 125 Å². The molecule has 0 amide bonds. The second kappa shape index (κ2) is 6.10. The van der Waals surface area contributed by atoms with Gasteiger partial charge in [0.2, 0.25) is 0 Å². The summed E-state index contributed by atoms with van der Waals surface area (Å²) in [5, 5.41) is 9.18. The number of aldehydes is 1. The summed E-state index contributed by atoms with van der Waals surface area (Å²) in [4.78, 5) is 9.10. The number of anilines is 1. The van der Waals surface area contributed by atoms with Gasteiger partial charge in [0.25, 0.3) is 10.0 Å². The lowest BCUT2D eigenvalue weighted by atomic mass is 10.1. The van der Waals surface area contributed by atoms with Crippen molar-refractivity contribution in [3.8, 4) is 5.75 Å². The SMILES string of the molecule is O=CCc1ccc(NS(=O)(=O)c2c(F)ccc(O)c2F)cc1. The highest BCUT2D eigenvalue weighted by Crippen LogP contribution is 2.27. The third kappa shape index (κ3) is 3.22. The Morgan fingerprint density at radius 2 is 1.73 bits per heavy atom. The van der Waals surface area contributed by atoms with E-state index in [9.17, 15) is 27.1 Å². The van der Waals surface area contributed by atoms with Gasteiger partial charge in [0.15, 0.2) is 16.5 Å². The van der Waals surface area contributed by atoms with Crippen LogP contribution in [0.3, 0.4) is 0 Å². The molecule has 0 unspecified atom stereocenters. The number of carbonyl (C=O) groups excluding carboxylic acids is 1. The first-order valence-corrected chi connectivity index (χ1v) is 7.56. The van der Waals surface area contributed by atoms with Crippen LogP contribution in [0.1, 0.15) is 5.56 Å². The minimum Gasteiger partial charge on any atom is -0.505 e. The fourth-order valence-electron chi connectivity index (χ4n) is 1.78. The highest BCUT2D eigenvalue weighted by atomic mass is 32.2. The number of hydrogen-bond donors (Lipinski definition) is 2. The molecule has 0 aliphatic rings. The standard InChI is InChI=1S/C14H11F2NO4S/c15-11-5-6-12(19)13(16)14(11)22(20,21)17-10-3-1-9(2-4-10)7-8-18/h1-6,8,17,19H,7H2. The summed E-state index contributed by atoms with van der Waals surface area (Å²) in [6, 6.07) is 7.09. The molecule has 0 aliphatic carbocycles. The van der Waals surface area contributed by atoms with E-state index in [0.29, 0.717) is 17.9 Å². The van der Waals surface area contributed by atoms with Crippen LogP contribution in [0.4, 0.5) is 14.5 Å². The molecule has 8 heteroatoms. The lowest BCUT2D eigenvalue weighted by molar-refractivity contribution is -0.107. The van der Waals surface area contributed by atoms with Gasteiger partial charge in [0, 0.05) is 12.1 Å². The third-order valence-electron chi connectivity index (χ3n) is 2.82. The van der Waals surface area contributed by atoms with Crippen molar-refractivity contribution in [3.05, 3.63) is 53.6 Å². The summed E-state index contributed by atoms with van der Waals surface area (Å²) in [5.41, 5.74) is 0.726. The molecule has 2 aromatic carbocycles. The monoisotopic (exact) mass is 327 g/mol. The Morgan fingerprint density at radius 1 is 1.09 bits per heavy atom. The first kappa shape index (κ1) is 15.9. The van der Waals surface area contributed by atoms with Gasteiger partial charge in [-0.05, 0) is 29.8 Å². The maximum absolute atomic E-state index is 13.7. The van der Waals surface area contributed by atoms with Crippen molar-refractivity contribution in [2.75, 3.05) is 4.72 Å². The van der Waals surface area contributed by atoms with Gasteiger partial charge < -0.3 is 9.90 Å². The maximum Gasteiger partial charge on any atom is 0.267 e. The molecule has 0 radical (unpaired) electrons. The van der Waals surface area contributed by atoms with E-state index < -0.39 is 32.3 Å². The number of aromatic hydroxyl groups is 1. The number of phenols is 1. The van der Waals surface area contributed by atoms with E-state index >= 15 is 0 Å². The molecule has 0 spiro atoms. The number of rotatable bonds is 5. The fraction of sp³-hybridized carbons (Fsp3) is 0.0714. The van der Waals surface area contributed by atoms with Gasteiger partial charge in [-0.1, -0.05) is 12.1 Å². The van der Waals surface area contributed by atoms with Crippen LogP contribution in [-0.2, 0) is 21.2 Å². The van der Waals surface area contributed by atoms with Gasteiger partial charge in [0.05, 0.1) is 0 Å². The van der Waals surface area contributed by atoms with E-state index in [1.807, 2.05) is 4.72 Å². The molecule has 0 atom stereocenters. The van der Waals surface area contributed by atoms with E-state index in [-0.39, 0.29) is 12.1 Å². The van der Waals surface area contributed by atoms with Crippen molar-refractivity contribution in [2.45, 2.75) is 11.3 Å². The zero-order valence-corrected chi connectivity index (χ0v) is 11.9. The van der Waals surface area contributed by atoms with Crippen molar-refractivity contribution in [1.29, 1.82) is 0 Å². The largest absolute Gasteiger partial charge is 0.505 e. The smallest absolute Gasteiger partial charge is 0.267 e. The number of nitrogens with one attached hydrogen (secondary N) is 1. The molecule has 2 aromatic rings. The summed E-state index contributed by atoms with van der Waals surface area (Å²) in [6.07, 6.45) is 0.861. The molecule has 2 rings (SSSR count). The van der Waals surface area contributed by atoms with E-state index in [4.69, 9.17) is 0 Å². The molecule has 0 aromatic heterocycles. The van der Waals surface area contributed by atoms with Crippen LogP contribution in [0.25, 0.3) is 0 Å².